The molecule has 1 N–H and O–H groups in total. The van der Waals surface area contributed by atoms with Crippen LogP contribution in [-0.4, -0.2) is 40.2 Å². The highest BCUT2D eigenvalue weighted by Gasteiger charge is 2.17. The zero-order chi connectivity index (χ0) is 20.5. The SMILES string of the molecule is Cc1ccccc1C(=O)Nc1cccc(-c2cn3c(C(=O)N(C)C)csc3n2)c1. The largest absolute Gasteiger partial charge is 0.343 e. The third kappa shape index (κ3) is 3.64. The Kier molecular flexibility index (Phi) is 4.90. The van der Waals surface area contributed by atoms with Gasteiger partial charge >= 0.3 is 0 Å². The predicted molar refractivity (Wildman–Crippen MR) is 116 cm³/mol. The Morgan fingerprint density at radius 1 is 1.10 bits per heavy atom. The maximum atomic E-state index is 12.6. The van der Waals surface area contributed by atoms with Crippen LogP contribution in [0, 0.1) is 6.92 Å². The summed E-state index contributed by atoms with van der Waals surface area (Å²) in [5, 5.41) is 4.76. The molecule has 2 aromatic heterocycles. The van der Waals surface area contributed by atoms with Crippen LogP contribution >= 0.6 is 11.3 Å². The number of nitrogens with one attached hydrogen (secondary N) is 1. The quantitative estimate of drug-likeness (QED) is 0.551. The highest BCUT2D eigenvalue weighted by molar-refractivity contribution is 7.15. The van der Waals surface area contributed by atoms with Crippen LogP contribution in [0.4, 0.5) is 5.69 Å². The molecule has 2 aromatic carbocycles. The third-order valence-electron chi connectivity index (χ3n) is 4.64. The van der Waals surface area contributed by atoms with Gasteiger partial charge in [0.1, 0.15) is 5.69 Å². The third-order valence-corrected chi connectivity index (χ3v) is 5.48. The molecule has 0 fully saturated rings. The number of imidazole rings is 1. The van der Waals surface area contributed by atoms with E-state index >= 15 is 0 Å². The van der Waals surface area contributed by atoms with Crippen LogP contribution in [0.3, 0.4) is 0 Å². The summed E-state index contributed by atoms with van der Waals surface area (Å²) in [4.78, 5) is 31.9. The van der Waals surface area contributed by atoms with Crippen LogP contribution in [0.25, 0.3) is 16.2 Å². The Morgan fingerprint density at radius 3 is 2.66 bits per heavy atom. The van der Waals surface area contributed by atoms with E-state index in [1.807, 2.05) is 61.0 Å². The highest BCUT2D eigenvalue weighted by Crippen LogP contribution is 2.26. The van der Waals surface area contributed by atoms with Crippen molar-refractivity contribution in [3.8, 4) is 11.3 Å². The van der Waals surface area contributed by atoms with Crippen LogP contribution in [-0.2, 0) is 0 Å². The minimum absolute atomic E-state index is 0.0700. The number of carbonyl (C=O) groups is 2. The van der Waals surface area contributed by atoms with Crippen molar-refractivity contribution in [3.63, 3.8) is 0 Å². The first-order valence-electron chi connectivity index (χ1n) is 9.09. The fraction of sp³-hybridized carbons (Fsp3) is 0.136. The van der Waals surface area contributed by atoms with E-state index in [-0.39, 0.29) is 11.8 Å². The number of amides is 2. The fourth-order valence-electron chi connectivity index (χ4n) is 3.09. The van der Waals surface area contributed by atoms with E-state index in [1.54, 1.807) is 29.5 Å². The van der Waals surface area contributed by atoms with Crippen molar-refractivity contribution in [1.82, 2.24) is 14.3 Å². The lowest BCUT2D eigenvalue weighted by atomic mass is 10.1. The molecule has 2 heterocycles. The van der Waals surface area contributed by atoms with Gasteiger partial charge in [-0.3, -0.25) is 14.0 Å². The Hall–Kier alpha value is -3.45. The Balaban J connectivity index is 1.63. The summed E-state index contributed by atoms with van der Waals surface area (Å²) in [7, 11) is 3.45. The summed E-state index contributed by atoms with van der Waals surface area (Å²) in [6, 6.07) is 15.0. The molecule has 4 aromatic rings. The van der Waals surface area contributed by atoms with Crippen LogP contribution in [0.1, 0.15) is 26.4 Å². The molecule has 6 nitrogen and oxygen atoms in total. The molecule has 0 saturated carbocycles. The van der Waals surface area contributed by atoms with E-state index in [0.29, 0.717) is 16.9 Å². The van der Waals surface area contributed by atoms with Gasteiger partial charge in [-0.15, -0.1) is 11.3 Å². The summed E-state index contributed by atoms with van der Waals surface area (Å²) in [5.74, 6) is -0.218. The summed E-state index contributed by atoms with van der Waals surface area (Å²) >= 11 is 1.42. The van der Waals surface area contributed by atoms with E-state index in [1.165, 1.54) is 11.3 Å². The number of carbonyl (C=O) groups excluding carboxylic acids is 2. The van der Waals surface area contributed by atoms with E-state index in [2.05, 4.69) is 10.3 Å². The molecule has 0 spiro atoms. The number of nitrogens with zero attached hydrogens (tertiary/aromatic N) is 3. The molecule has 0 aliphatic rings. The van der Waals surface area contributed by atoms with Crippen LogP contribution in [0.15, 0.2) is 60.1 Å². The molecule has 0 unspecified atom stereocenters. The Morgan fingerprint density at radius 2 is 1.90 bits per heavy atom. The normalized spacial score (nSPS) is 10.9. The molecule has 0 bridgehead atoms. The van der Waals surface area contributed by atoms with E-state index in [9.17, 15) is 9.59 Å². The lowest BCUT2D eigenvalue weighted by molar-refractivity contribution is 0.0821. The number of hydrogen-bond acceptors (Lipinski definition) is 4. The lowest BCUT2D eigenvalue weighted by Gasteiger charge is -2.09. The van der Waals surface area contributed by atoms with Crippen molar-refractivity contribution in [1.29, 1.82) is 0 Å². The molecule has 0 aliphatic heterocycles. The summed E-state index contributed by atoms with van der Waals surface area (Å²) in [5.41, 5.74) is 4.46. The van der Waals surface area contributed by atoms with Crippen LogP contribution < -0.4 is 5.32 Å². The van der Waals surface area contributed by atoms with Crippen molar-refractivity contribution in [2.24, 2.45) is 0 Å². The molecule has 7 heteroatoms. The van der Waals surface area contributed by atoms with E-state index in [4.69, 9.17) is 0 Å². The second-order valence-corrected chi connectivity index (χ2v) is 7.79. The topological polar surface area (TPSA) is 66.7 Å². The maximum Gasteiger partial charge on any atom is 0.271 e. The minimum Gasteiger partial charge on any atom is -0.343 e. The molecule has 2 amide bonds. The number of anilines is 1. The van der Waals surface area contributed by atoms with Crippen molar-refractivity contribution < 1.29 is 9.59 Å². The average molecular weight is 404 g/mol. The van der Waals surface area contributed by atoms with Crippen molar-refractivity contribution >= 4 is 33.8 Å². The molecule has 0 radical (unpaired) electrons. The standard InChI is InChI=1S/C22H20N4O2S/c1-14-7-4-5-10-17(14)20(27)23-16-9-6-8-15(11-16)18-12-26-19(21(28)25(2)3)13-29-22(26)24-18/h4-13H,1-3H3,(H,23,27). The fourth-order valence-corrected chi connectivity index (χ4v) is 3.94. The van der Waals surface area contributed by atoms with Gasteiger partial charge in [0.25, 0.3) is 11.8 Å². The number of fused-ring (bicyclic) bond motifs is 1. The molecule has 4 rings (SSSR count). The maximum absolute atomic E-state index is 12.6. The van der Waals surface area contributed by atoms with Crippen molar-refractivity contribution in [2.75, 3.05) is 19.4 Å². The number of aryl methyl sites for hydroxylation is 1. The number of aromatic nitrogens is 2. The molecule has 0 atom stereocenters. The van der Waals surface area contributed by atoms with Gasteiger partial charge in [0.2, 0.25) is 0 Å². The molecule has 146 valence electrons. The van der Waals surface area contributed by atoms with Gasteiger partial charge in [0, 0.05) is 42.5 Å². The number of rotatable bonds is 4. The van der Waals surface area contributed by atoms with Gasteiger partial charge < -0.3 is 10.2 Å². The summed E-state index contributed by atoms with van der Waals surface area (Å²) < 4.78 is 1.81. The summed E-state index contributed by atoms with van der Waals surface area (Å²) in [6.07, 6.45) is 1.85. The first-order chi connectivity index (χ1) is 13.9. The van der Waals surface area contributed by atoms with Gasteiger partial charge in [-0.05, 0) is 30.7 Å². The van der Waals surface area contributed by atoms with Gasteiger partial charge in [-0.2, -0.15) is 0 Å². The predicted octanol–water partition coefficient (Wildman–Crippen LogP) is 4.33. The monoisotopic (exact) mass is 404 g/mol. The molecule has 29 heavy (non-hydrogen) atoms. The minimum atomic E-state index is -0.148. The Labute approximate surface area is 172 Å². The van der Waals surface area contributed by atoms with E-state index in [0.717, 1.165) is 21.8 Å². The highest BCUT2D eigenvalue weighted by atomic mass is 32.1. The number of thiazole rings is 1. The zero-order valence-corrected chi connectivity index (χ0v) is 17.2. The van der Waals surface area contributed by atoms with Gasteiger partial charge in [0.15, 0.2) is 4.96 Å². The number of hydrogen-bond donors (Lipinski definition) is 1. The first-order valence-corrected chi connectivity index (χ1v) is 9.97. The molecular weight excluding hydrogens is 384 g/mol. The first kappa shape index (κ1) is 18.9. The Bertz CT molecular complexity index is 1220. The molecular formula is C22H20N4O2S. The average Bonchev–Trinajstić information content (AvgIpc) is 3.28. The van der Waals surface area contributed by atoms with Crippen molar-refractivity contribution in [3.05, 3.63) is 76.9 Å². The van der Waals surface area contributed by atoms with Gasteiger partial charge in [-0.1, -0.05) is 30.3 Å². The van der Waals surface area contributed by atoms with Crippen LogP contribution in [0.2, 0.25) is 0 Å². The van der Waals surface area contributed by atoms with Crippen molar-refractivity contribution in [2.45, 2.75) is 6.92 Å². The summed E-state index contributed by atoms with van der Waals surface area (Å²) in [6.45, 7) is 1.91. The lowest BCUT2D eigenvalue weighted by Crippen LogP contribution is -2.22. The van der Waals surface area contributed by atoms with Gasteiger partial charge in [-0.25, -0.2) is 4.98 Å². The second-order valence-electron chi connectivity index (χ2n) is 6.95. The van der Waals surface area contributed by atoms with Gasteiger partial charge in [0.05, 0.1) is 5.69 Å². The number of benzene rings is 2. The second kappa shape index (κ2) is 7.52. The van der Waals surface area contributed by atoms with E-state index < -0.39 is 0 Å². The smallest absolute Gasteiger partial charge is 0.271 e. The zero-order valence-electron chi connectivity index (χ0n) is 16.3. The van der Waals surface area contributed by atoms with Crippen LogP contribution in [0.5, 0.6) is 0 Å². The molecule has 0 saturated heterocycles. The molecule has 0 aliphatic carbocycles.